The van der Waals surface area contributed by atoms with Gasteiger partial charge in [-0.2, -0.15) is 8.78 Å². The van der Waals surface area contributed by atoms with Gasteiger partial charge >= 0.3 is 6.61 Å². The molecule has 0 aromatic heterocycles. The lowest BCUT2D eigenvalue weighted by atomic mass is 10.1. The van der Waals surface area contributed by atoms with Crippen molar-refractivity contribution < 1.29 is 23.0 Å². The first-order valence-electron chi connectivity index (χ1n) is 6.09. The molecule has 1 aromatic rings. The number of halogens is 2. The van der Waals surface area contributed by atoms with Gasteiger partial charge in [-0.1, -0.05) is 12.1 Å². The molecule has 0 bridgehead atoms. The molecule has 0 spiro atoms. The van der Waals surface area contributed by atoms with Crippen LogP contribution in [0.4, 0.5) is 8.78 Å². The molecule has 0 aliphatic heterocycles. The Labute approximate surface area is 116 Å². The molecule has 1 aromatic carbocycles. The van der Waals surface area contributed by atoms with Crippen molar-refractivity contribution in [3.63, 3.8) is 0 Å². The summed E-state index contributed by atoms with van der Waals surface area (Å²) in [5, 5.41) is 2.67. The first-order chi connectivity index (χ1) is 9.52. The Morgan fingerprint density at radius 3 is 2.55 bits per heavy atom. The molecule has 1 atom stereocenters. The number of carbonyl (C=O) groups excluding carboxylic acids is 1. The molecule has 0 saturated heterocycles. The maximum absolute atomic E-state index is 12.0. The summed E-state index contributed by atoms with van der Waals surface area (Å²) in [5.74, 6) is -0.181. The third-order valence-corrected chi connectivity index (χ3v) is 2.54. The lowest BCUT2D eigenvalue weighted by Crippen LogP contribution is -2.44. The van der Waals surface area contributed by atoms with E-state index < -0.39 is 12.7 Å². The van der Waals surface area contributed by atoms with Crippen LogP contribution >= 0.6 is 0 Å². The number of ether oxygens (including phenoxy) is 2. The number of methoxy groups -OCH3 is 1. The molecule has 0 heterocycles. The fourth-order valence-electron chi connectivity index (χ4n) is 1.55. The number of amides is 1. The Morgan fingerprint density at radius 1 is 1.35 bits per heavy atom. The molecule has 0 fully saturated rings. The largest absolute Gasteiger partial charge is 0.435 e. The van der Waals surface area contributed by atoms with Crippen LogP contribution in [0, 0.1) is 0 Å². The van der Waals surface area contributed by atoms with E-state index in [1.54, 1.807) is 12.1 Å². The smallest absolute Gasteiger partial charge is 0.387 e. The van der Waals surface area contributed by atoms with Gasteiger partial charge in [0.25, 0.3) is 0 Å². The monoisotopic (exact) mass is 288 g/mol. The summed E-state index contributed by atoms with van der Waals surface area (Å²) in [6.07, 6.45) is 0.570. The maximum atomic E-state index is 12.0. The molecule has 0 aliphatic carbocycles. The Hall–Kier alpha value is -1.73. The second-order valence-electron chi connectivity index (χ2n) is 4.13. The first-order valence-corrected chi connectivity index (χ1v) is 6.09. The first kappa shape index (κ1) is 16.3. The third kappa shape index (κ3) is 5.94. The minimum absolute atomic E-state index is 0.106. The second kappa shape index (κ2) is 8.44. The summed E-state index contributed by atoms with van der Waals surface area (Å²) in [4.78, 5) is 11.5. The Morgan fingerprint density at radius 2 is 2.00 bits per heavy atom. The Balaban J connectivity index is 2.33. The number of nitrogens with one attached hydrogen (secondary N) is 1. The lowest BCUT2D eigenvalue weighted by Gasteiger charge is -2.11. The van der Waals surface area contributed by atoms with Crippen LogP contribution in [0.25, 0.3) is 0 Å². The molecule has 20 heavy (non-hydrogen) atoms. The highest BCUT2D eigenvalue weighted by molar-refractivity contribution is 5.81. The molecule has 5 nitrogen and oxygen atoms in total. The van der Waals surface area contributed by atoms with Gasteiger partial charge in [-0.25, -0.2) is 0 Å². The van der Waals surface area contributed by atoms with E-state index in [1.165, 1.54) is 19.2 Å². The summed E-state index contributed by atoms with van der Waals surface area (Å²) < 4.78 is 32.9. The maximum Gasteiger partial charge on any atom is 0.387 e. The van der Waals surface area contributed by atoms with Gasteiger partial charge in [-0.15, -0.1) is 0 Å². The zero-order valence-corrected chi connectivity index (χ0v) is 11.1. The molecule has 7 heteroatoms. The topological polar surface area (TPSA) is 73.6 Å². The molecular formula is C13H18F2N2O3. The molecule has 1 rings (SSSR count). The van der Waals surface area contributed by atoms with Gasteiger partial charge in [0, 0.05) is 13.7 Å². The van der Waals surface area contributed by atoms with Crippen LogP contribution < -0.4 is 15.8 Å². The number of alkyl halides is 2. The normalized spacial score (nSPS) is 12.2. The zero-order chi connectivity index (χ0) is 15.0. The van der Waals surface area contributed by atoms with Crippen molar-refractivity contribution in [2.75, 3.05) is 20.3 Å². The van der Waals surface area contributed by atoms with E-state index in [4.69, 9.17) is 10.5 Å². The predicted molar refractivity (Wildman–Crippen MR) is 69.6 cm³/mol. The van der Waals surface area contributed by atoms with E-state index in [0.717, 1.165) is 5.56 Å². The fourth-order valence-corrected chi connectivity index (χ4v) is 1.55. The van der Waals surface area contributed by atoms with Gasteiger partial charge in [0.05, 0.1) is 6.61 Å². The van der Waals surface area contributed by atoms with Crippen LogP contribution in [-0.4, -0.2) is 38.8 Å². The van der Waals surface area contributed by atoms with Gasteiger partial charge in [0.15, 0.2) is 0 Å². The van der Waals surface area contributed by atoms with Crippen molar-refractivity contribution in [2.45, 2.75) is 19.1 Å². The van der Waals surface area contributed by atoms with Crippen LogP contribution in [0.5, 0.6) is 5.75 Å². The average Bonchev–Trinajstić information content (AvgIpc) is 2.40. The molecule has 0 saturated carbocycles. The Bertz CT molecular complexity index is 413. The summed E-state index contributed by atoms with van der Waals surface area (Å²) in [6, 6.07) is 5.56. The standard InChI is InChI=1S/C13H18F2N2O3/c1-19-8-11(16)12(18)17-7-6-9-2-4-10(5-3-9)20-13(14)15/h2-5,11,13H,6-8,16H2,1H3,(H,17,18). The van der Waals surface area contributed by atoms with Crippen molar-refractivity contribution in [1.29, 1.82) is 0 Å². The molecule has 1 unspecified atom stereocenters. The lowest BCUT2D eigenvalue weighted by molar-refractivity contribution is -0.123. The van der Waals surface area contributed by atoms with Crippen LogP contribution in [0.1, 0.15) is 5.56 Å². The summed E-state index contributed by atoms with van der Waals surface area (Å²) >= 11 is 0. The van der Waals surface area contributed by atoms with Crippen LogP contribution in [0.2, 0.25) is 0 Å². The number of hydrogen-bond acceptors (Lipinski definition) is 4. The van der Waals surface area contributed by atoms with Crippen molar-refractivity contribution >= 4 is 5.91 Å². The molecule has 1 amide bonds. The van der Waals surface area contributed by atoms with Crippen molar-refractivity contribution in [3.05, 3.63) is 29.8 Å². The van der Waals surface area contributed by atoms with Crippen LogP contribution in [0.15, 0.2) is 24.3 Å². The third-order valence-electron chi connectivity index (χ3n) is 2.54. The number of benzene rings is 1. The van der Waals surface area contributed by atoms with Gasteiger partial charge in [-0.3, -0.25) is 4.79 Å². The van der Waals surface area contributed by atoms with E-state index >= 15 is 0 Å². The van der Waals surface area contributed by atoms with Crippen molar-refractivity contribution in [3.8, 4) is 5.75 Å². The average molecular weight is 288 g/mol. The van der Waals surface area contributed by atoms with Crippen LogP contribution in [0.3, 0.4) is 0 Å². The molecule has 3 N–H and O–H groups in total. The molecule has 112 valence electrons. The highest BCUT2D eigenvalue weighted by Crippen LogP contribution is 2.14. The van der Waals surface area contributed by atoms with Gasteiger partial charge < -0.3 is 20.5 Å². The minimum Gasteiger partial charge on any atom is -0.435 e. The summed E-state index contributed by atoms with van der Waals surface area (Å²) in [6.45, 7) is -2.26. The van der Waals surface area contributed by atoms with Crippen LogP contribution in [-0.2, 0) is 16.0 Å². The molecule has 0 radical (unpaired) electrons. The van der Waals surface area contributed by atoms with Gasteiger partial charge in [-0.05, 0) is 24.1 Å². The predicted octanol–water partition coefficient (Wildman–Crippen LogP) is 0.920. The highest BCUT2D eigenvalue weighted by Gasteiger charge is 2.11. The second-order valence-corrected chi connectivity index (χ2v) is 4.13. The number of carbonyl (C=O) groups is 1. The highest BCUT2D eigenvalue weighted by atomic mass is 19.3. The fraction of sp³-hybridized carbons (Fsp3) is 0.462. The molecular weight excluding hydrogens is 270 g/mol. The van der Waals surface area contributed by atoms with E-state index in [0.29, 0.717) is 13.0 Å². The van der Waals surface area contributed by atoms with E-state index in [-0.39, 0.29) is 18.3 Å². The summed E-state index contributed by atoms with van der Waals surface area (Å²) in [7, 11) is 1.47. The molecule has 0 aliphatic rings. The zero-order valence-electron chi connectivity index (χ0n) is 11.1. The number of nitrogens with two attached hydrogens (primary N) is 1. The van der Waals surface area contributed by atoms with E-state index in [1.807, 2.05) is 0 Å². The number of hydrogen-bond donors (Lipinski definition) is 2. The van der Waals surface area contributed by atoms with Crippen molar-refractivity contribution in [1.82, 2.24) is 5.32 Å². The summed E-state index contributed by atoms with van der Waals surface area (Å²) in [5.41, 5.74) is 6.44. The van der Waals surface area contributed by atoms with E-state index in [2.05, 4.69) is 10.1 Å². The quantitative estimate of drug-likeness (QED) is 0.746. The SMILES string of the molecule is COCC(N)C(=O)NCCc1ccc(OC(F)F)cc1. The van der Waals surface area contributed by atoms with Gasteiger partial charge in [0.2, 0.25) is 5.91 Å². The van der Waals surface area contributed by atoms with E-state index in [9.17, 15) is 13.6 Å². The minimum atomic E-state index is -2.83. The van der Waals surface area contributed by atoms with Gasteiger partial charge in [0.1, 0.15) is 11.8 Å². The Kier molecular flexibility index (Phi) is 6.89. The van der Waals surface area contributed by atoms with Crippen molar-refractivity contribution in [2.24, 2.45) is 5.73 Å². The number of rotatable bonds is 8.